The average molecular weight is 1080 g/mol. The second kappa shape index (κ2) is 46.8. The number of esters is 2. The van der Waals surface area contributed by atoms with Crippen LogP contribution in [-0.4, -0.2) is 142 Å². The van der Waals surface area contributed by atoms with E-state index in [9.17, 15) is 45.3 Å². The molecule has 2 aliphatic rings. The molecule has 0 aromatic carbocycles. The summed E-state index contributed by atoms with van der Waals surface area (Å²) in [5.74, 6) is -1.01. The van der Waals surface area contributed by atoms with E-state index in [0.717, 1.165) is 64.2 Å². The maximum Gasteiger partial charge on any atom is 0.306 e. The van der Waals surface area contributed by atoms with Crippen LogP contribution in [0.25, 0.3) is 0 Å². The van der Waals surface area contributed by atoms with Crippen LogP contribution < -0.4 is 0 Å². The van der Waals surface area contributed by atoms with Crippen molar-refractivity contribution in [3.8, 4) is 0 Å². The standard InChI is InChI=1S/C61H104O15/c1-3-5-7-9-11-13-15-17-19-21-22-23-24-25-26-28-29-31-33-35-37-39-41-43-52(63)71-46-49(74-53(64)44-42-40-38-36-34-32-30-27-20-18-16-14-12-10-8-6-4-2)47-72-60-59(70)57(68)55(66)51(76-60)48-73-61-58(69)56(67)54(65)50(45-62)75-61/h8,10,14,16,20,27-29,32,34-35,37,49-51,54-62,65-70H,3-7,9,11-13,15,17-19,21-26,30-31,33,36,38-48H2,1-2H3/b10-8+,16-14+,27-20+,29-28+,34-32+,37-35+/t49-,50+,51+,54-,55-,56?,57?,58?,59?,60+,61+/m0/s1. The Kier molecular flexibility index (Phi) is 42.5. The molecule has 11 atom stereocenters. The van der Waals surface area contributed by atoms with E-state index < -0.39 is 99.3 Å². The third kappa shape index (κ3) is 33.4. The van der Waals surface area contributed by atoms with Crippen molar-refractivity contribution < 1.29 is 73.8 Å². The highest BCUT2D eigenvalue weighted by Crippen LogP contribution is 2.26. The molecule has 2 heterocycles. The van der Waals surface area contributed by atoms with Gasteiger partial charge in [-0.1, -0.05) is 183 Å². The number of carbonyl (C=O) groups is 2. The van der Waals surface area contributed by atoms with Crippen molar-refractivity contribution in [1.82, 2.24) is 0 Å². The monoisotopic (exact) mass is 1080 g/mol. The van der Waals surface area contributed by atoms with Gasteiger partial charge in [-0.15, -0.1) is 0 Å². The lowest BCUT2D eigenvalue weighted by Crippen LogP contribution is -2.61. The number of allylic oxidation sites excluding steroid dienone is 12. The van der Waals surface area contributed by atoms with Crippen molar-refractivity contribution in [3.05, 3.63) is 72.9 Å². The van der Waals surface area contributed by atoms with Gasteiger partial charge in [0.1, 0.15) is 55.4 Å². The van der Waals surface area contributed by atoms with Crippen LogP contribution in [0, 0.1) is 0 Å². The molecule has 0 amide bonds. The zero-order valence-corrected chi connectivity index (χ0v) is 46.7. The minimum atomic E-state index is -1.78. The summed E-state index contributed by atoms with van der Waals surface area (Å²) in [5, 5.41) is 72.3. The molecule has 2 fully saturated rings. The molecule has 15 nitrogen and oxygen atoms in total. The maximum absolute atomic E-state index is 13.0. The molecule has 0 aromatic heterocycles. The quantitative estimate of drug-likeness (QED) is 0.0171. The minimum absolute atomic E-state index is 0.116. The number of aliphatic hydroxyl groups is 7. The van der Waals surface area contributed by atoms with Crippen LogP contribution in [0.5, 0.6) is 0 Å². The topological polar surface area (TPSA) is 231 Å². The molecule has 0 radical (unpaired) electrons. The fourth-order valence-electron chi connectivity index (χ4n) is 8.82. The van der Waals surface area contributed by atoms with Gasteiger partial charge in [0.15, 0.2) is 18.7 Å². The number of aliphatic hydroxyl groups excluding tert-OH is 7. The fraction of sp³-hybridized carbons (Fsp3) is 0.770. The lowest BCUT2D eigenvalue weighted by atomic mass is 9.98. The van der Waals surface area contributed by atoms with Crippen LogP contribution in [0.3, 0.4) is 0 Å². The Morgan fingerprint density at radius 3 is 1.38 bits per heavy atom. The Morgan fingerprint density at radius 2 is 0.842 bits per heavy atom. The van der Waals surface area contributed by atoms with E-state index in [1.165, 1.54) is 96.3 Å². The van der Waals surface area contributed by atoms with E-state index in [1.54, 1.807) is 0 Å². The van der Waals surface area contributed by atoms with Crippen LogP contribution >= 0.6 is 0 Å². The van der Waals surface area contributed by atoms with Gasteiger partial charge in [-0.05, 0) is 83.5 Å². The smallest absolute Gasteiger partial charge is 0.306 e. The Hall–Kier alpha value is -3.06. The highest BCUT2D eigenvalue weighted by atomic mass is 16.7. The molecule has 15 heteroatoms. The van der Waals surface area contributed by atoms with E-state index in [-0.39, 0.29) is 19.4 Å². The van der Waals surface area contributed by atoms with Gasteiger partial charge in [0, 0.05) is 12.8 Å². The van der Waals surface area contributed by atoms with Crippen molar-refractivity contribution >= 4 is 11.9 Å². The molecule has 0 spiro atoms. The summed E-state index contributed by atoms with van der Waals surface area (Å²) >= 11 is 0. The summed E-state index contributed by atoms with van der Waals surface area (Å²) in [7, 11) is 0. The number of ether oxygens (including phenoxy) is 6. The summed E-state index contributed by atoms with van der Waals surface area (Å²) in [4.78, 5) is 25.9. The first-order valence-corrected chi connectivity index (χ1v) is 29.5. The van der Waals surface area contributed by atoms with Gasteiger partial charge in [0.2, 0.25) is 0 Å². The summed E-state index contributed by atoms with van der Waals surface area (Å²) in [6.07, 6.45) is 40.8. The minimum Gasteiger partial charge on any atom is -0.462 e. The molecular weight excluding hydrogens is 973 g/mol. The molecule has 76 heavy (non-hydrogen) atoms. The van der Waals surface area contributed by atoms with Crippen LogP contribution in [0.1, 0.15) is 206 Å². The Morgan fingerprint density at radius 1 is 0.421 bits per heavy atom. The van der Waals surface area contributed by atoms with E-state index in [4.69, 9.17) is 28.4 Å². The van der Waals surface area contributed by atoms with Crippen LogP contribution in [0.15, 0.2) is 72.9 Å². The number of rotatable bonds is 46. The zero-order chi connectivity index (χ0) is 55.3. The lowest BCUT2D eigenvalue weighted by Gasteiger charge is -2.42. The zero-order valence-electron chi connectivity index (χ0n) is 46.7. The average Bonchev–Trinajstić information content (AvgIpc) is 3.41. The van der Waals surface area contributed by atoms with Gasteiger partial charge >= 0.3 is 11.9 Å². The molecule has 0 aromatic rings. The number of unbranched alkanes of at least 4 members (excludes halogenated alkanes) is 20. The second-order valence-electron chi connectivity index (χ2n) is 20.5. The first-order valence-electron chi connectivity index (χ1n) is 29.5. The molecular formula is C61H104O15. The van der Waals surface area contributed by atoms with Crippen molar-refractivity contribution in [1.29, 1.82) is 0 Å². The Balaban J connectivity index is 1.77. The summed E-state index contributed by atoms with van der Waals surface area (Å²) in [5.41, 5.74) is 0. The Labute approximate surface area is 457 Å². The summed E-state index contributed by atoms with van der Waals surface area (Å²) in [6.45, 7) is 2.47. The molecule has 2 aliphatic heterocycles. The summed E-state index contributed by atoms with van der Waals surface area (Å²) in [6, 6.07) is 0. The highest BCUT2D eigenvalue weighted by Gasteiger charge is 2.47. The van der Waals surface area contributed by atoms with Crippen molar-refractivity contribution in [2.75, 3.05) is 26.4 Å². The normalized spacial score (nSPS) is 24.9. The molecule has 0 bridgehead atoms. The third-order valence-corrected chi connectivity index (χ3v) is 13.6. The Bertz CT molecular complexity index is 1590. The summed E-state index contributed by atoms with van der Waals surface area (Å²) < 4.78 is 33.6. The van der Waals surface area contributed by atoms with Gasteiger partial charge in [-0.3, -0.25) is 9.59 Å². The SMILES string of the molecule is CCC/C=C/C/C=C/C/C=C/C/C=C/CCCCCC(=O)O[C@@H](COC(=O)CCC/C=C/CC/C=C/CCCCCCCCCCCCCCCC)CO[C@@H]1O[C@H](CO[C@@H]2O[C@H](CO)[C@H](O)C(O)C2O)[C@H](O)C(O)C1O. The molecule has 0 aliphatic carbocycles. The van der Waals surface area contributed by atoms with E-state index >= 15 is 0 Å². The highest BCUT2D eigenvalue weighted by molar-refractivity contribution is 5.70. The van der Waals surface area contributed by atoms with Crippen LogP contribution in [0.2, 0.25) is 0 Å². The molecule has 7 N–H and O–H groups in total. The van der Waals surface area contributed by atoms with Gasteiger partial charge in [-0.25, -0.2) is 0 Å². The van der Waals surface area contributed by atoms with E-state index in [0.29, 0.717) is 19.3 Å². The van der Waals surface area contributed by atoms with Crippen molar-refractivity contribution in [2.45, 2.75) is 274 Å². The lowest BCUT2D eigenvalue weighted by molar-refractivity contribution is -0.332. The predicted molar refractivity (Wildman–Crippen MR) is 298 cm³/mol. The van der Waals surface area contributed by atoms with Crippen LogP contribution in [-0.2, 0) is 38.0 Å². The largest absolute Gasteiger partial charge is 0.462 e. The van der Waals surface area contributed by atoms with Gasteiger partial charge in [0.25, 0.3) is 0 Å². The van der Waals surface area contributed by atoms with Crippen LogP contribution in [0.4, 0.5) is 0 Å². The van der Waals surface area contributed by atoms with Crippen molar-refractivity contribution in [3.63, 3.8) is 0 Å². The predicted octanol–water partition coefficient (Wildman–Crippen LogP) is 10.2. The van der Waals surface area contributed by atoms with E-state index in [1.807, 2.05) is 0 Å². The molecule has 0 saturated carbocycles. The molecule has 4 unspecified atom stereocenters. The van der Waals surface area contributed by atoms with Gasteiger partial charge < -0.3 is 64.2 Å². The molecule has 2 saturated heterocycles. The van der Waals surface area contributed by atoms with Crippen molar-refractivity contribution in [2.24, 2.45) is 0 Å². The second-order valence-corrected chi connectivity index (χ2v) is 20.5. The van der Waals surface area contributed by atoms with Gasteiger partial charge in [0.05, 0.1) is 19.8 Å². The molecule has 438 valence electrons. The van der Waals surface area contributed by atoms with Gasteiger partial charge in [-0.2, -0.15) is 0 Å². The number of carbonyl (C=O) groups excluding carboxylic acids is 2. The third-order valence-electron chi connectivity index (χ3n) is 13.6. The maximum atomic E-state index is 13.0. The first-order chi connectivity index (χ1) is 37.0. The van der Waals surface area contributed by atoms with E-state index in [2.05, 4.69) is 86.8 Å². The first kappa shape index (κ1) is 69.0. The number of hydrogen-bond donors (Lipinski definition) is 7. The number of hydrogen-bond acceptors (Lipinski definition) is 15. The fourth-order valence-corrected chi connectivity index (χ4v) is 8.82. The molecule has 2 rings (SSSR count).